The summed E-state index contributed by atoms with van der Waals surface area (Å²) in [6.45, 7) is -2.56. The second kappa shape index (κ2) is 16.8. The highest BCUT2D eigenvalue weighted by Crippen LogP contribution is 2.37. The Bertz CT molecular complexity index is 1840. The number of benzene rings is 2. The van der Waals surface area contributed by atoms with Crippen LogP contribution in [0.15, 0.2) is 45.6 Å². The van der Waals surface area contributed by atoms with Crippen LogP contribution in [-0.2, 0) is 23.7 Å². The number of rotatable bonds is 11. The zero-order valence-corrected chi connectivity index (χ0v) is 28.8. The number of hydrogen-bond acceptors (Lipinski definition) is 21. The van der Waals surface area contributed by atoms with Crippen molar-refractivity contribution in [2.75, 3.05) is 26.9 Å². The van der Waals surface area contributed by atoms with Gasteiger partial charge in [0, 0.05) is 23.8 Å². The lowest BCUT2D eigenvalue weighted by molar-refractivity contribution is -0.389. The van der Waals surface area contributed by atoms with Gasteiger partial charge in [-0.1, -0.05) is 0 Å². The SMILES string of the molecule is COc1cc(-c2cc(=O)c3c(O)cc(O[C@@H]4OC(CO)[C@@H](O)[C@H](O)C4O[C@@H]4OC(CO)[C@@H](O)[C@H](O)C4O[C@@H]4OC(CO)[C@@H](O)[C@H](O)C4O)cc3o2)ccc1O. The summed E-state index contributed by atoms with van der Waals surface area (Å²) >= 11 is 0. The molecule has 12 N–H and O–H groups in total. The second-order valence-corrected chi connectivity index (χ2v) is 13.1. The van der Waals surface area contributed by atoms with Gasteiger partial charge in [0.2, 0.25) is 6.29 Å². The van der Waals surface area contributed by atoms with Gasteiger partial charge < -0.3 is 98.9 Å². The third-order valence-corrected chi connectivity index (χ3v) is 9.58. The topological polar surface area (TPSA) is 338 Å². The molecule has 304 valence electrons. The Morgan fingerprint density at radius 3 is 1.76 bits per heavy atom. The summed E-state index contributed by atoms with van der Waals surface area (Å²) in [4.78, 5) is 13.1. The Balaban J connectivity index is 1.33. The lowest BCUT2D eigenvalue weighted by Gasteiger charge is -2.48. The molecule has 0 bridgehead atoms. The van der Waals surface area contributed by atoms with Gasteiger partial charge in [-0.25, -0.2) is 0 Å². The molecule has 1 aromatic heterocycles. The van der Waals surface area contributed by atoms with Crippen molar-refractivity contribution in [1.82, 2.24) is 0 Å². The van der Waals surface area contributed by atoms with E-state index in [9.17, 15) is 66.1 Å². The molecule has 0 aliphatic carbocycles. The first-order valence-corrected chi connectivity index (χ1v) is 16.9. The number of aliphatic hydroxyl groups is 10. The Hall–Kier alpha value is -3.75. The molecule has 2 aromatic carbocycles. The standard InChI is InChI=1S/C34H42O21/c1-48-17-4-11(2-3-13(17)38)16-7-15(40)22-14(39)5-12(6-18(22)50-16)49-33-30(27(45)24(42)20(9-36)52-33)55-34-31(28(46)25(43)21(10-37)53-34)54-32-29(47)26(44)23(41)19(8-35)51-32/h2-7,19-21,23-39,41-47H,8-10H2,1H3/t19?,20?,21?,23-,24-,25-,26+,27+,28+,29?,30?,31?,32+,33-,34+/m1/s1. The van der Waals surface area contributed by atoms with Crippen molar-refractivity contribution < 1.29 is 98.9 Å². The maximum atomic E-state index is 13.1. The van der Waals surface area contributed by atoms with Crippen LogP contribution in [0.25, 0.3) is 22.3 Å². The number of methoxy groups -OCH3 is 1. The van der Waals surface area contributed by atoms with Gasteiger partial charge in [-0.2, -0.15) is 0 Å². The molecule has 0 radical (unpaired) electrons. The molecule has 0 saturated carbocycles. The van der Waals surface area contributed by atoms with Gasteiger partial charge >= 0.3 is 0 Å². The third kappa shape index (κ3) is 7.96. The fourth-order valence-corrected chi connectivity index (χ4v) is 6.51. The van der Waals surface area contributed by atoms with Gasteiger partial charge in [0.25, 0.3) is 0 Å². The van der Waals surface area contributed by atoms with Crippen LogP contribution in [0.2, 0.25) is 0 Å². The Kier molecular flexibility index (Phi) is 12.5. The monoisotopic (exact) mass is 786 g/mol. The van der Waals surface area contributed by atoms with E-state index in [0.29, 0.717) is 5.56 Å². The minimum Gasteiger partial charge on any atom is -0.507 e. The van der Waals surface area contributed by atoms with E-state index in [1.807, 2.05) is 0 Å². The highest BCUT2D eigenvalue weighted by molar-refractivity contribution is 5.86. The first kappa shape index (κ1) is 40.9. The van der Waals surface area contributed by atoms with Crippen LogP contribution >= 0.6 is 0 Å². The highest BCUT2D eigenvalue weighted by atomic mass is 16.8. The number of phenols is 2. The molecular formula is C34H42O21. The maximum Gasteiger partial charge on any atom is 0.229 e. The zero-order valence-electron chi connectivity index (χ0n) is 28.8. The number of aromatic hydroxyl groups is 2. The summed E-state index contributed by atoms with van der Waals surface area (Å²) in [5.41, 5.74) is -0.558. The number of ether oxygens (including phenoxy) is 7. The van der Waals surface area contributed by atoms with Gasteiger partial charge in [-0.3, -0.25) is 4.79 Å². The lowest BCUT2D eigenvalue weighted by Crippen LogP contribution is -2.67. The van der Waals surface area contributed by atoms with Crippen LogP contribution in [0, 0.1) is 0 Å². The molecule has 3 aliphatic heterocycles. The average Bonchev–Trinajstić information content (AvgIpc) is 3.16. The normalized spacial score (nSPS) is 36.8. The predicted octanol–water partition coefficient (Wildman–Crippen LogP) is -4.29. The van der Waals surface area contributed by atoms with Gasteiger partial charge in [0.05, 0.1) is 26.9 Å². The van der Waals surface area contributed by atoms with E-state index in [-0.39, 0.29) is 34.0 Å². The minimum absolute atomic E-state index is 0.000406. The largest absolute Gasteiger partial charge is 0.507 e. The molecule has 3 aliphatic rings. The van der Waals surface area contributed by atoms with Crippen molar-refractivity contribution in [3.8, 4) is 34.3 Å². The summed E-state index contributed by atoms with van der Waals surface area (Å²) in [5, 5.41) is 125. The smallest absolute Gasteiger partial charge is 0.229 e. The Morgan fingerprint density at radius 2 is 1.16 bits per heavy atom. The van der Waals surface area contributed by atoms with E-state index >= 15 is 0 Å². The molecule has 4 heterocycles. The van der Waals surface area contributed by atoms with Crippen molar-refractivity contribution in [3.05, 3.63) is 46.6 Å². The Labute approximate surface area is 309 Å². The first-order valence-electron chi connectivity index (χ1n) is 16.9. The number of fused-ring (bicyclic) bond motifs is 1. The average molecular weight is 787 g/mol. The Morgan fingerprint density at radius 1 is 0.618 bits per heavy atom. The number of aliphatic hydroxyl groups excluding tert-OH is 10. The molecule has 6 unspecified atom stereocenters. The lowest BCUT2D eigenvalue weighted by atomic mass is 9.96. The molecule has 3 fully saturated rings. The predicted molar refractivity (Wildman–Crippen MR) is 177 cm³/mol. The second-order valence-electron chi connectivity index (χ2n) is 13.1. The molecule has 21 heteroatoms. The van der Waals surface area contributed by atoms with Crippen LogP contribution in [0.5, 0.6) is 23.0 Å². The summed E-state index contributed by atoms with van der Waals surface area (Å²) in [6.07, 6.45) is -27.2. The van der Waals surface area contributed by atoms with Crippen molar-refractivity contribution >= 4 is 11.0 Å². The molecule has 6 rings (SSSR count). The van der Waals surface area contributed by atoms with Crippen LogP contribution in [0.4, 0.5) is 0 Å². The van der Waals surface area contributed by atoms with E-state index in [4.69, 9.17) is 37.6 Å². The van der Waals surface area contributed by atoms with Crippen molar-refractivity contribution in [3.63, 3.8) is 0 Å². The van der Waals surface area contributed by atoms with E-state index in [0.717, 1.165) is 12.1 Å². The highest BCUT2D eigenvalue weighted by Gasteiger charge is 2.54. The van der Waals surface area contributed by atoms with Crippen LogP contribution in [-0.4, -0.2) is 180 Å². The molecule has 55 heavy (non-hydrogen) atoms. The maximum absolute atomic E-state index is 13.1. The first-order chi connectivity index (χ1) is 26.2. The van der Waals surface area contributed by atoms with E-state index < -0.39 is 123 Å². The molecule has 0 amide bonds. The van der Waals surface area contributed by atoms with Crippen LogP contribution < -0.4 is 14.9 Å². The van der Waals surface area contributed by atoms with E-state index in [2.05, 4.69) is 0 Å². The van der Waals surface area contributed by atoms with Crippen molar-refractivity contribution in [2.45, 2.75) is 92.1 Å². The summed E-state index contributed by atoms with van der Waals surface area (Å²) in [6, 6.07) is 7.43. The third-order valence-electron chi connectivity index (χ3n) is 9.58. The van der Waals surface area contributed by atoms with Crippen molar-refractivity contribution in [2.24, 2.45) is 0 Å². The quantitative estimate of drug-likeness (QED) is 0.0875. The van der Waals surface area contributed by atoms with Gasteiger partial charge in [-0.05, 0) is 18.2 Å². The molecule has 3 aromatic rings. The summed E-state index contributed by atoms with van der Waals surface area (Å²) in [7, 11) is 1.32. The molecule has 21 nitrogen and oxygen atoms in total. The number of hydrogen-bond donors (Lipinski definition) is 12. The fourth-order valence-electron chi connectivity index (χ4n) is 6.51. The van der Waals surface area contributed by atoms with Crippen molar-refractivity contribution in [1.29, 1.82) is 0 Å². The van der Waals surface area contributed by atoms with Crippen LogP contribution in [0.3, 0.4) is 0 Å². The zero-order chi connectivity index (χ0) is 39.9. The van der Waals surface area contributed by atoms with Gasteiger partial charge in [0.15, 0.2) is 35.6 Å². The minimum atomic E-state index is -2.00. The molecule has 0 spiro atoms. The molecular weight excluding hydrogens is 744 g/mol. The summed E-state index contributed by atoms with van der Waals surface area (Å²) < 4.78 is 45.3. The molecule has 15 atom stereocenters. The molecule has 3 saturated heterocycles. The van der Waals surface area contributed by atoms with Gasteiger partial charge in [-0.15, -0.1) is 0 Å². The fraction of sp³-hybridized carbons (Fsp3) is 0.559. The van der Waals surface area contributed by atoms with E-state index in [1.54, 1.807) is 0 Å². The summed E-state index contributed by atoms with van der Waals surface area (Å²) in [5.74, 6) is -0.983. The van der Waals surface area contributed by atoms with E-state index in [1.165, 1.54) is 31.4 Å². The number of phenolic OH excluding ortho intramolecular Hbond substituents is 2. The van der Waals surface area contributed by atoms with Crippen LogP contribution in [0.1, 0.15) is 0 Å². The van der Waals surface area contributed by atoms with Gasteiger partial charge in [0.1, 0.15) is 95.4 Å².